The number of aryl methyl sites for hydroxylation is 1. The van der Waals surface area contributed by atoms with Gasteiger partial charge in [-0.3, -0.25) is 24.7 Å². The lowest BCUT2D eigenvalue weighted by Gasteiger charge is -2.25. The number of nitro groups is 1. The number of carbonyl (C=O) groups excluding carboxylic acids is 2. The number of nitro benzene ring substituents is 1. The summed E-state index contributed by atoms with van der Waals surface area (Å²) in [6.45, 7) is 1.82. The number of aliphatic hydroxyl groups is 1. The summed E-state index contributed by atoms with van der Waals surface area (Å²) in [5, 5.41) is 22.3. The van der Waals surface area contributed by atoms with Crippen LogP contribution in [0.25, 0.3) is 5.76 Å². The summed E-state index contributed by atoms with van der Waals surface area (Å²) in [5.74, 6) is -1.35. The Balaban J connectivity index is 1.87. The molecule has 0 radical (unpaired) electrons. The van der Waals surface area contributed by atoms with Gasteiger partial charge in [0.15, 0.2) is 0 Å². The number of Topliss-reactive ketones (excluding diaryl/α,β-unsaturated/α-hetero) is 1. The molecule has 34 heavy (non-hydrogen) atoms. The van der Waals surface area contributed by atoms with Crippen LogP contribution in [-0.4, -0.2) is 38.7 Å². The van der Waals surface area contributed by atoms with E-state index in [-0.39, 0.29) is 23.6 Å². The fraction of sp³-hybridized carbons (Fsp3) is 0.160. The van der Waals surface area contributed by atoms with E-state index in [1.165, 1.54) is 36.3 Å². The number of hydrogen-bond acceptors (Lipinski definition) is 7. The van der Waals surface area contributed by atoms with Crippen molar-refractivity contribution in [2.24, 2.45) is 0 Å². The average Bonchev–Trinajstić information content (AvgIpc) is 3.09. The number of rotatable bonds is 6. The quantitative estimate of drug-likeness (QED) is 0.195. The molecule has 1 aliphatic rings. The number of ether oxygens (including phenoxy) is 1. The first-order valence-electron chi connectivity index (χ1n) is 10.4. The number of carbonyl (C=O) groups is 2. The number of hydrogen-bond donors (Lipinski definition) is 1. The summed E-state index contributed by atoms with van der Waals surface area (Å²) in [6, 6.07) is 13.1. The van der Waals surface area contributed by atoms with Crippen LogP contribution in [0, 0.1) is 17.0 Å². The lowest BCUT2D eigenvalue weighted by molar-refractivity contribution is -0.384. The van der Waals surface area contributed by atoms with Crippen LogP contribution in [0.3, 0.4) is 0 Å². The minimum Gasteiger partial charge on any atom is -0.507 e. The Morgan fingerprint density at radius 1 is 1.18 bits per heavy atom. The molecule has 1 aromatic heterocycles. The van der Waals surface area contributed by atoms with Gasteiger partial charge in [0.05, 0.1) is 23.6 Å². The molecular weight excluding hydrogens is 438 g/mol. The smallest absolute Gasteiger partial charge is 0.295 e. The Morgan fingerprint density at radius 3 is 2.50 bits per heavy atom. The summed E-state index contributed by atoms with van der Waals surface area (Å²) < 4.78 is 5.21. The van der Waals surface area contributed by atoms with Crippen molar-refractivity contribution in [2.45, 2.75) is 19.5 Å². The van der Waals surface area contributed by atoms with Crippen LogP contribution in [0.1, 0.15) is 28.3 Å². The number of pyridine rings is 1. The van der Waals surface area contributed by atoms with E-state index in [0.29, 0.717) is 28.0 Å². The Labute approximate surface area is 195 Å². The van der Waals surface area contributed by atoms with Crippen LogP contribution in [0.15, 0.2) is 72.6 Å². The highest BCUT2D eigenvalue weighted by molar-refractivity contribution is 6.46. The van der Waals surface area contributed by atoms with E-state index < -0.39 is 22.7 Å². The second kappa shape index (κ2) is 9.14. The zero-order chi connectivity index (χ0) is 24.4. The van der Waals surface area contributed by atoms with Gasteiger partial charge >= 0.3 is 0 Å². The van der Waals surface area contributed by atoms with Crippen molar-refractivity contribution in [3.8, 4) is 5.75 Å². The molecule has 0 aliphatic carbocycles. The van der Waals surface area contributed by atoms with Crippen LogP contribution >= 0.6 is 0 Å². The van der Waals surface area contributed by atoms with Crippen molar-refractivity contribution in [1.82, 2.24) is 9.88 Å². The topological polar surface area (TPSA) is 123 Å². The van der Waals surface area contributed by atoms with Crippen molar-refractivity contribution in [2.75, 3.05) is 7.11 Å². The molecule has 1 aliphatic heterocycles. The monoisotopic (exact) mass is 459 g/mol. The van der Waals surface area contributed by atoms with Crippen molar-refractivity contribution in [1.29, 1.82) is 0 Å². The third-order valence-electron chi connectivity index (χ3n) is 5.72. The van der Waals surface area contributed by atoms with Gasteiger partial charge < -0.3 is 14.7 Å². The highest BCUT2D eigenvalue weighted by Gasteiger charge is 2.46. The summed E-state index contributed by atoms with van der Waals surface area (Å²) in [4.78, 5) is 42.2. The fourth-order valence-electron chi connectivity index (χ4n) is 4.03. The molecule has 2 heterocycles. The summed E-state index contributed by atoms with van der Waals surface area (Å²) in [6.07, 6.45) is 3.18. The first-order valence-corrected chi connectivity index (χ1v) is 10.4. The number of likely N-dealkylation sites (tertiary alicyclic amines) is 1. The first kappa shape index (κ1) is 22.7. The Hall–Kier alpha value is -4.53. The molecule has 1 saturated heterocycles. The maximum atomic E-state index is 13.2. The average molecular weight is 459 g/mol. The summed E-state index contributed by atoms with van der Waals surface area (Å²) in [5.41, 5.74) is 1.97. The summed E-state index contributed by atoms with van der Waals surface area (Å²) in [7, 11) is 1.52. The molecular formula is C25H21N3O6. The number of amides is 1. The molecule has 1 N–H and O–H groups in total. The molecule has 0 unspecified atom stereocenters. The molecule has 0 saturated carbocycles. The molecule has 4 rings (SSSR count). The van der Waals surface area contributed by atoms with Crippen LogP contribution in [0.4, 0.5) is 5.69 Å². The number of nitrogens with zero attached hydrogens (tertiary/aromatic N) is 3. The van der Waals surface area contributed by atoms with E-state index in [1.807, 2.05) is 0 Å². The third kappa shape index (κ3) is 4.11. The van der Waals surface area contributed by atoms with Crippen LogP contribution < -0.4 is 4.74 Å². The number of non-ortho nitro benzene ring substituents is 1. The maximum Gasteiger partial charge on any atom is 0.295 e. The maximum absolute atomic E-state index is 13.2. The minimum absolute atomic E-state index is 0.0679. The molecule has 9 nitrogen and oxygen atoms in total. The fourth-order valence-corrected chi connectivity index (χ4v) is 4.03. The van der Waals surface area contributed by atoms with Crippen molar-refractivity contribution in [3.05, 3.63) is 105 Å². The summed E-state index contributed by atoms with van der Waals surface area (Å²) >= 11 is 0. The lowest BCUT2D eigenvalue weighted by atomic mass is 9.93. The van der Waals surface area contributed by atoms with Gasteiger partial charge in [-0.2, -0.15) is 0 Å². The minimum atomic E-state index is -0.942. The molecule has 3 aromatic rings. The molecule has 0 spiro atoms. The molecule has 0 bridgehead atoms. The number of methoxy groups -OCH3 is 1. The zero-order valence-electron chi connectivity index (χ0n) is 18.5. The highest BCUT2D eigenvalue weighted by atomic mass is 16.6. The molecule has 1 atom stereocenters. The number of aromatic nitrogens is 1. The van der Waals surface area contributed by atoms with E-state index in [1.54, 1.807) is 49.6 Å². The Kier molecular flexibility index (Phi) is 6.09. The van der Waals surface area contributed by atoms with E-state index in [4.69, 9.17) is 4.74 Å². The normalized spacial score (nSPS) is 17.1. The van der Waals surface area contributed by atoms with Gasteiger partial charge in [-0.1, -0.05) is 6.07 Å². The van der Waals surface area contributed by atoms with Gasteiger partial charge in [0.1, 0.15) is 11.5 Å². The van der Waals surface area contributed by atoms with E-state index in [0.717, 1.165) is 0 Å². The number of ketones is 1. The predicted octanol–water partition coefficient (Wildman–Crippen LogP) is 3.93. The van der Waals surface area contributed by atoms with E-state index >= 15 is 0 Å². The highest BCUT2D eigenvalue weighted by Crippen LogP contribution is 2.41. The standard InChI is InChI=1S/C25H21N3O6/c1-15-12-19(34-2)9-10-20(15)23(29)21-22(17-5-7-18(8-6-17)28(32)33)27(25(31)24(21)30)14-16-4-3-11-26-13-16/h3-13,22,29H,14H2,1-2H3/t22-/m0/s1. The van der Waals surface area contributed by atoms with Crippen LogP contribution in [-0.2, 0) is 16.1 Å². The van der Waals surface area contributed by atoms with Crippen molar-refractivity contribution >= 4 is 23.1 Å². The predicted molar refractivity (Wildman–Crippen MR) is 123 cm³/mol. The number of benzene rings is 2. The molecule has 2 aromatic carbocycles. The lowest BCUT2D eigenvalue weighted by Crippen LogP contribution is -2.29. The van der Waals surface area contributed by atoms with Crippen LogP contribution in [0.2, 0.25) is 0 Å². The van der Waals surface area contributed by atoms with Gasteiger partial charge in [0, 0.05) is 36.6 Å². The van der Waals surface area contributed by atoms with Crippen LogP contribution in [0.5, 0.6) is 5.75 Å². The Bertz CT molecular complexity index is 1300. The zero-order valence-corrected chi connectivity index (χ0v) is 18.5. The third-order valence-corrected chi connectivity index (χ3v) is 5.72. The van der Waals surface area contributed by atoms with E-state index in [2.05, 4.69) is 4.98 Å². The van der Waals surface area contributed by atoms with Gasteiger partial charge in [-0.05, 0) is 60.0 Å². The number of aliphatic hydroxyl groups excluding tert-OH is 1. The van der Waals surface area contributed by atoms with Crippen molar-refractivity contribution in [3.63, 3.8) is 0 Å². The van der Waals surface area contributed by atoms with Gasteiger partial charge in [-0.25, -0.2) is 0 Å². The van der Waals surface area contributed by atoms with Crippen molar-refractivity contribution < 1.29 is 24.4 Å². The first-order chi connectivity index (χ1) is 16.3. The van der Waals surface area contributed by atoms with Gasteiger partial charge in [0.25, 0.3) is 17.4 Å². The molecule has 1 fully saturated rings. The molecule has 172 valence electrons. The molecule has 9 heteroatoms. The second-order valence-corrected chi connectivity index (χ2v) is 7.82. The van der Waals surface area contributed by atoms with E-state index in [9.17, 15) is 24.8 Å². The van der Waals surface area contributed by atoms with Gasteiger partial charge in [-0.15, -0.1) is 0 Å². The SMILES string of the molecule is COc1ccc(C(O)=C2C(=O)C(=O)N(Cc3cccnc3)[C@H]2c2ccc([N+](=O)[O-])cc2)c(C)c1. The second-order valence-electron chi connectivity index (χ2n) is 7.82. The Morgan fingerprint density at radius 2 is 1.91 bits per heavy atom. The molecule has 1 amide bonds. The van der Waals surface area contributed by atoms with Gasteiger partial charge in [0.2, 0.25) is 0 Å². The largest absolute Gasteiger partial charge is 0.507 e.